The molecule has 1 aromatic carbocycles. The minimum absolute atomic E-state index is 0. The second-order valence-electron chi connectivity index (χ2n) is 5.98. The zero-order chi connectivity index (χ0) is 16.4. The van der Waals surface area contributed by atoms with Crippen molar-refractivity contribution in [2.75, 3.05) is 39.3 Å². The zero-order valence-electron chi connectivity index (χ0n) is 13.3. The van der Waals surface area contributed by atoms with Gasteiger partial charge in [-0.1, -0.05) is 6.07 Å². The van der Waals surface area contributed by atoms with Crippen molar-refractivity contribution in [3.63, 3.8) is 0 Å². The number of rotatable bonds is 4. The van der Waals surface area contributed by atoms with E-state index in [2.05, 4.69) is 10.2 Å². The van der Waals surface area contributed by atoms with E-state index in [-0.39, 0.29) is 28.9 Å². The van der Waals surface area contributed by atoms with Crippen LogP contribution in [0.25, 0.3) is 0 Å². The molecule has 134 valence electrons. The Balaban J connectivity index is 0.00000208. The van der Waals surface area contributed by atoms with Gasteiger partial charge < -0.3 is 11.1 Å². The molecule has 2 aliphatic rings. The average Bonchev–Trinajstić information content (AvgIpc) is 3.06. The Morgan fingerprint density at radius 3 is 2.58 bits per heavy atom. The molecule has 9 heteroatoms. The highest BCUT2D eigenvalue weighted by Gasteiger charge is 2.35. The number of hydrogen-bond donors (Lipinski definition) is 2. The molecule has 0 saturated carbocycles. The second kappa shape index (κ2) is 7.79. The molecule has 0 radical (unpaired) electrons. The molecule has 1 aromatic rings. The van der Waals surface area contributed by atoms with Crippen molar-refractivity contribution in [1.29, 1.82) is 0 Å². The molecule has 2 aliphatic heterocycles. The summed E-state index contributed by atoms with van der Waals surface area (Å²) in [5.74, 6) is -0.623. The molecule has 1 unspecified atom stereocenters. The Morgan fingerprint density at radius 2 is 1.92 bits per heavy atom. The van der Waals surface area contributed by atoms with Crippen LogP contribution >= 0.6 is 12.4 Å². The Bertz CT molecular complexity index is 692. The average molecular weight is 375 g/mol. The predicted molar refractivity (Wildman–Crippen MR) is 93.8 cm³/mol. The lowest BCUT2D eigenvalue weighted by Gasteiger charge is -2.32. The van der Waals surface area contributed by atoms with Crippen molar-refractivity contribution in [3.05, 3.63) is 29.8 Å². The van der Waals surface area contributed by atoms with Crippen LogP contribution < -0.4 is 11.1 Å². The standard InChI is InChI=1S/C15H22N4O3S.ClH/c16-15(20)12-2-1-3-14(10-12)23(21,22)19-7-4-13(11-19)18-8-5-17-6-9-18;/h1-3,10,13,17H,4-9,11H2,(H2,16,20);1H. The van der Waals surface area contributed by atoms with E-state index in [9.17, 15) is 13.2 Å². The molecule has 24 heavy (non-hydrogen) atoms. The first-order chi connectivity index (χ1) is 11.0. The minimum atomic E-state index is -3.58. The van der Waals surface area contributed by atoms with Crippen molar-refractivity contribution in [3.8, 4) is 0 Å². The van der Waals surface area contributed by atoms with Crippen LogP contribution in [0.2, 0.25) is 0 Å². The van der Waals surface area contributed by atoms with Crippen LogP contribution in [-0.2, 0) is 10.0 Å². The van der Waals surface area contributed by atoms with Crippen LogP contribution in [-0.4, -0.2) is 68.8 Å². The summed E-state index contributed by atoms with van der Waals surface area (Å²) in [7, 11) is -3.58. The summed E-state index contributed by atoms with van der Waals surface area (Å²) in [6, 6.07) is 6.22. The molecule has 1 atom stereocenters. The molecule has 0 spiro atoms. The molecule has 2 heterocycles. The van der Waals surface area contributed by atoms with E-state index in [1.54, 1.807) is 6.07 Å². The van der Waals surface area contributed by atoms with Gasteiger partial charge in [-0.05, 0) is 24.6 Å². The third-order valence-electron chi connectivity index (χ3n) is 4.55. The fourth-order valence-electron chi connectivity index (χ4n) is 3.23. The number of carbonyl (C=O) groups excluding carboxylic acids is 1. The first-order valence-corrected chi connectivity index (χ1v) is 9.27. The van der Waals surface area contributed by atoms with Gasteiger partial charge in [0.25, 0.3) is 0 Å². The molecule has 0 aliphatic carbocycles. The van der Waals surface area contributed by atoms with Crippen LogP contribution in [0.4, 0.5) is 0 Å². The Hall–Kier alpha value is -1.19. The van der Waals surface area contributed by atoms with E-state index >= 15 is 0 Å². The number of nitrogens with zero attached hydrogens (tertiary/aromatic N) is 2. The molecule has 1 amide bonds. The quantitative estimate of drug-likeness (QED) is 0.765. The number of nitrogens with one attached hydrogen (secondary N) is 1. The van der Waals surface area contributed by atoms with Crippen molar-refractivity contribution in [2.45, 2.75) is 17.4 Å². The lowest BCUT2D eigenvalue weighted by Crippen LogP contribution is -2.49. The van der Waals surface area contributed by atoms with Gasteiger partial charge in [0.2, 0.25) is 15.9 Å². The Labute approximate surface area is 148 Å². The van der Waals surface area contributed by atoms with Crippen LogP contribution in [0.1, 0.15) is 16.8 Å². The third-order valence-corrected chi connectivity index (χ3v) is 6.41. The summed E-state index contributed by atoms with van der Waals surface area (Å²) in [6.45, 7) is 4.82. The number of benzene rings is 1. The second-order valence-corrected chi connectivity index (χ2v) is 7.92. The van der Waals surface area contributed by atoms with Crippen molar-refractivity contribution < 1.29 is 13.2 Å². The maximum Gasteiger partial charge on any atom is 0.248 e. The van der Waals surface area contributed by atoms with Gasteiger partial charge in [0.1, 0.15) is 0 Å². The Morgan fingerprint density at radius 1 is 1.21 bits per heavy atom. The molecular weight excluding hydrogens is 352 g/mol. The molecule has 0 aromatic heterocycles. The highest BCUT2D eigenvalue weighted by molar-refractivity contribution is 7.89. The molecule has 3 rings (SSSR count). The first kappa shape index (κ1) is 19.1. The third kappa shape index (κ3) is 3.89. The Kier molecular flexibility index (Phi) is 6.22. The van der Waals surface area contributed by atoms with Gasteiger partial charge in [0.05, 0.1) is 4.90 Å². The summed E-state index contributed by atoms with van der Waals surface area (Å²) in [5, 5.41) is 3.30. The predicted octanol–water partition coefficient (Wildman–Crippen LogP) is -0.124. The van der Waals surface area contributed by atoms with Crippen LogP contribution in [0.3, 0.4) is 0 Å². The van der Waals surface area contributed by atoms with Gasteiger partial charge in [-0.2, -0.15) is 4.31 Å². The van der Waals surface area contributed by atoms with E-state index in [4.69, 9.17) is 5.73 Å². The fraction of sp³-hybridized carbons (Fsp3) is 0.533. The molecular formula is C15H23ClN4O3S. The van der Waals surface area contributed by atoms with Crippen LogP contribution in [0.5, 0.6) is 0 Å². The van der Waals surface area contributed by atoms with Crippen molar-refractivity contribution in [1.82, 2.24) is 14.5 Å². The number of sulfonamides is 1. The number of piperazine rings is 1. The van der Waals surface area contributed by atoms with Crippen LogP contribution in [0.15, 0.2) is 29.2 Å². The largest absolute Gasteiger partial charge is 0.366 e. The van der Waals surface area contributed by atoms with E-state index < -0.39 is 15.9 Å². The molecule has 7 nitrogen and oxygen atoms in total. The summed E-state index contributed by atoms with van der Waals surface area (Å²) < 4.78 is 27.1. The van der Waals surface area contributed by atoms with Crippen molar-refractivity contribution >= 4 is 28.3 Å². The highest BCUT2D eigenvalue weighted by atomic mass is 35.5. The SMILES string of the molecule is Cl.NC(=O)c1cccc(S(=O)(=O)N2CCC(N3CCNCC3)C2)c1. The van der Waals surface area contributed by atoms with E-state index in [1.165, 1.54) is 22.5 Å². The number of carbonyl (C=O) groups is 1. The maximum atomic E-state index is 12.8. The van der Waals surface area contributed by atoms with Gasteiger partial charge in [-0.15, -0.1) is 12.4 Å². The lowest BCUT2D eigenvalue weighted by atomic mass is 10.2. The van der Waals surface area contributed by atoms with Crippen LogP contribution in [0, 0.1) is 0 Å². The summed E-state index contributed by atoms with van der Waals surface area (Å²) in [5.41, 5.74) is 5.45. The zero-order valence-corrected chi connectivity index (χ0v) is 15.0. The number of primary amides is 1. The number of halogens is 1. The first-order valence-electron chi connectivity index (χ1n) is 7.83. The maximum absolute atomic E-state index is 12.8. The topological polar surface area (TPSA) is 95.7 Å². The van der Waals surface area contributed by atoms with E-state index in [1.807, 2.05) is 0 Å². The molecule has 0 bridgehead atoms. The molecule has 2 saturated heterocycles. The van der Waals surface area contributed by atoms with Gasteiger partial charge in [-0.3, -0.25) is 9.69 Å². The molecule has 2 fully saturated rings. The van der Waals surface area contributed by atoms with E-state index in [0.717, 1.165) is 32.6 Å². The number of amides is 1. The van der Waals surface area contributed by atoms with Gasteiger partial charge in [-0.25, -0.2) is 8.42 Å². The highest BCUT2D eigenvalue weighted by Crippen LogP contribution is 2.24. The number of hydrogen-bond acceptors (Lipinski definition) is 5. The lowest BCUT2D eigenvalue weighted by molar-refractivity contribution is 0.1000. The molecule has 3 N–H and O–H groups in total. The van der Waals surface area contributed by atoms with Crippen molar-refractivity contribution in [2.24, 2.45) is 5.73 Å². The number of nitrogens with two attached hydrogens (primary N) is 1. The van der Waals surface area contributed by atoms with Gasteiger partial charge in [0, 0.05) is 50.9 Å². The fourth-order valence-corrected chi connectivity index (χ4v) is 4.77. The minimum Gasteiger partial charge on any atom is -0.366 e. The summed E-state index contributed by atoms with van der Waals surface area (Å²) in [6.07, 6.45) is 0.842. The monoisotopic (exact) mass is 374 g/mol. The summed E-state index contributed by atoms with van der Waals surface area (Å²) in [4.78, 5) is 13.7. The summed E-state index contributed by atoms with van der Waals surface area (Å²) >= 11 is 0. The van der Waals surface area contributed by atoms with Gasteiger partial charge in [0.15, 0.2) is 0 Å². The van der Waals surface area contributed by atoms with Gasteiger partial charge >= 0.3 is 0 Å². The smallest absolute Gasteiger partial charge is 0.248 e. The van der Waals surface area contributed by atoms with E-state index in [0.29, 0.717) is 13.1 Å². The normalized spacial score (nSPS) is 22.9.